The third-order valence-corrected chi connectivity index (χ3v) is 11.2. The minimum Gasteiger partial charge on any atom is -0.545 e. The summed E-state index contributed by atoms with van der Waals surface area (Å²) in [6.45, 7) is 6.96. The number of carboxylic acid groups (broad SMARTS) is 2. The van der Waals surface area contributed by atoms with E-state index in [0.29, 0.717) is 11.0 Å². The Kier molecular flexibility index (Phi) is 8.53. The van der Waals surface area contributed by atoms with Crippen LogP contribution in [-0.2, 0) is 20.2 Å². The summed E-state index contributed by atoms with van der Waals surface area (Å²) in [6, 6.07) is 5.29. The molecule has 0 aliphatic carbocycles. The van der Waals surface area contributed by atoms with Crippen molar-refractivity contribution in [1.82, 2.24) is 4.58 Å². The molecule has 53 heavy (non-hydrogen) atoms. The molecule has 0 radical (unpaired) electrons. The third kappa shape index (κ3) is 6.28. The first-order chi connectivity index (χ1) is 24.2. The van der Waals surface area contributed by atoms with Gasteiger partial charge in [-0.05, 0) is 43.2 Å². The van der Waals surface area contributed by atoms with E-state index in [1.165, 1.54) is 36.4 Å². The Hall–Kier alpha value is -5.04. The van der Waals surface area contributed by atoms with Crippen molar-refractivity contribution in [3.05, 3.63) is 97.8 Å². The van der Waals surface area contributed by atoms with E-state index in [1.54, 1.807) is 51.3 Å². The van der Waals surface area contributed by atoms with Crippen LogP contribution in [0.25, 0.3) is 16.7 Å². The topological polar surface area (TPSA) is 202 Å². The van der Waals surface area contributed by atoms with Crippen LogP contribution in [0.1, 0.15) is 70.7 Å². The molecular formula is C35H31F3N2O11S2. The van der Waals surface area contributed by atoms with Crippen LogP contribution in [0.4, 0.5) is 18.9 Å². The average molecular weight is 777 g/mol. The van der Waals surface area contributed by atoms with Gasteiger partial charge in [-0.3, -0.25) is 9.11 Å². The maximum absolute atomic E-state index is 16.6. The number of hydrogen-bond acceptors (Lipinski definition) is 9. The maximum atomic E-state index is 16.6. The Morgan fingerprint density at radius 2 is 1.40 bits per heavy atom. The van der Waals surface area contributed by atoms with Gasteiger partial charge in [-0.1, -0.05) is 6.08 Å². The SMILES string of the molecule is CN1c2cc3c(cc2C(CS(=O)(=O)O)=CC1(C)C)C(c1c(F)c(C(=O)O)c(F)c(F)c1C(=O)[O-])=c1cc2c(cc1O3)=[N+](C)C(C)(C)C=C2CS(=O)(=O)O. The molecule has 0 saturated carbocycles. The number of hydrogen-bond donors (Lipinski definition) is 3. The number of benzene rings is 3. The van der Waals surface area contributed by atoms with Gasteiger partial charge in [-0.2, -0.15) is 16.8 Å². The zero-order chi connectivity index (χ0) is 39.5. The number of anilines is 1. The standard InChI is InChI=1S/C35H31F3N2O11S2/c1-34(2)11-15(13-52(45,46)47)17-7-19-23(9-21(17)39(34)5)51-24-10-22-18(16(14-53(48,49)50)12-35(3,4)40(22)6)8-20(24)25(19)26-27(32(41)42)30(37)31(38)28(29(26)36)33(43)44/h7-12H,13-14H2,1-6H3,(H3-,41,42,43,44,45,46,47,48,49,50). The fourth-order valence-corrected chi connectivity index (χ4v) is 8.29. The molecule has 13 nitrogen and oxygen atoms in total. The van der Waals surface area contributed by atoms with Gasteiger partial charge in [0.2, 0.25) is 5.36 Å². The summed E-state index contributed by atoms with van der Waals surface area (Å²) < 4.78 is 124. The van der Waals surface area contributed by atoms with E-state index in [1.807, 2.05) is 0 Å². The van der Waals surface area contributed by atoms with E-state index < -0.39 is 94.5 Å². The Balaban J connectivity index is 1.87. The van der Waals surface area contributed by atoms with Gasteiger partial charge >= 0.3 is 5.97 Å². The summed E-state index contributed by atoms with van der Waals surface area (Å²) in [5.41, 5.74) is -6.71. The summed E-state index contributed by atoms with van der Waals surface area (Å²) in [6.07, 6.45) is 3.06. The fraction of sp³-hybridized carbons (Fsp3) is 0.286. The van der Waals surface area contributed by atoms with Gasteiger partial charge in [0.15, 0.2) is 17.2 Å². The van der Waals surface area contributed by atoms with Crippen LogP contribution in [0.3, 0.4) is 0 Å². The van der Waals surface area contributed by atoms with Gasteiger partial charge in [-0.15, -0.1) is 0 Å². The second kappa shape index (κ2) is 12.0. The van der Waals surface area contributed by atoms with Crippen LogP contribution in [0.15, 0.2) is 36.4 Å². The molecule has 280 valence electrons. The molecule has 0 atom stereocenters. The van der Waals surface area contributed by atoms with Gasteiger partial charge in [0.25, 0.3) is 20.2 Å². The second-order valence-corrected chi connectivity index (χ2v) is 17.0. The van der Waals surface area contributed by atoms with E-state index in [2.05, 4.69) is 0 Å². The van der Waals surface area contributed by atoms with Crippen molar-refractivity contribution >= 4 is 54.6 Å². The van der Waals surface area contributed by atoms with E-state index in [4.69, 9.17) is 4.74 Å². The summed E-state index contributed by atoms with van der Waals surface area (Å²) in [5, 5.41) is 22.3. The Morgan fingerprint density at radius 3 is 1.94 bits per heavy atom. The lowest BCUT2D eigenvalue weighted by molar-refractivity contribution is -0.255. The van der Waals surface area contributed by atoms with Crippen LogP contribution < -0.4 is 29.9 Å². The van der Waals surface area contributed by atoms with Crippen molar-refractivity contribution in [3.8, 4) is 11.5 Å². The van der Waals surface area contributed by atoms with E-state index in [0.717, 1.165) is 0 Å². The highest BCUT2D eigenvalue weighted by molar-refractivity contribution is 7.86. The molecule has 0 bridgehead atoms. The first kappa shape index (κ1) is 37.7. The molecule has 0 saturated heterocycles. The van der Waals surface area contributed by atoms with Gasteiger partial charge in [0.1, 0.15) is 41.4 Å². The molecule has 3 aromatic rings. The fourth-order valence-electron chi connectivity index (χ4n) is 7.03. The average Bonchev–Trinajstić information content (AvgIpc) is 3.00. The number of ether oxygens (including phenoxy) is 1. The van der Waals surface area contributed by atoms with E-state index in [9.17, 15) is 45.7 Å². The predicted molar refractivity (Wildman–Crippen MR) is 184 cm³/mol. The minimum atomic E-state index is -4.67. The molecule has 0 fully saturated rings. The van der Waals surface area contributed by atoms with Gasteiger partial charge in [-0.25, -0.2) is 22.5 Å². The molecule has 0 unspecified atom stereocenters. The number of fused-ring (bicyclic) bond motifs is 4. The van der Waals surface area contributed by atoms with Crippen molar-refractivity contribution in [2.24, 2.45) is 0 Å². The molecule has 3 aliphatic rings. The number of carboxylic acids is 2. The molecule has 3 aliphatic heterocycles. The number of aromatic carboxylic acids is 2. The van der Waals surface area contributed by atoms with Crippen molar-refractivity contribution in [2.75, 3.05) is 30.5 Å². The highest BCUT2D eigenvalue weighted by Gasteiger charge is 2.39. The van der Waals surface area contributed by atoms with Crippen molar-refractivity contribution in [3.63, 3.8) is 0 Å². The van der Waals surface area contributed by atoms with Crippen LogP contribution >= 0.6 is 0 Å². The zero-order valence-electron chi connectivity index (χ0n) is 28.8. The zero-order valence-corrected chi connectivity index (χ0v) is 30.5. The maximum Gasteiger partial charge on any atom is 0.341 e. The van der Waals surface area contributed by atoms with Gasteiger partial charge in [0.05, 0.1) is 23.1 Å². The van der Waals surface area contributed by atoms with Gasteiger partial charge < -0.3 is 24.6 Å². The molecule has 0 spiro atoms. The minimum absolute atomic E-state index is 0.0447. The Bertz CT molecular complexity index is 2670. The van der Waals surface area contributed by atoms with Crippen LogP contribution in [0.2, 0.25) is 0 Å². The number of likely N-dealkylation sites (N-methyl/N-ethyl adjacent to an activating group) is 2. The molecular weight excluding hydrogens is 746 g/mol. The quantitative estimate of drug-likeness (QED) is 0.141. The summed E-state index contributed by atoms with van der Waals surface area (Å²) in [5.74, 6) is -13.4. The Labute approximate surface area is 300 Å². The second-order valence-electron chi connectivity index (χ2n) is 14.1. The number of rotatable bonds is 7. The van der Waals surface area contributed by atoms with Crippen molar-refractivity contribution < 1.29 is 63.7 Å². The lowest BCUT2D eigenvalue weighted by atomic mass is 9.83. The first-order valence-electron chi connectivity index (χ1n) is 15.6. The van der Waals surface area contributed by atoms with Crippen LogP contribution in [0.5, 0.6) is 11.5 Å². The van der Waals surface area contributed by atoms with E-state index >= 15 is 13.2 Å². The lowest BCUT2D eigenvalue weighted by Gasteiger charge is -2.41. The lowest BCUT2D eigenvalue weighted by Crippen LogP contribution is -2.47. The molecule has 0 amide bonds. The molecule has 6 rings (SSSR count). The monoisotopic (exact) mass is 776 g/mol. The van der Waals surface area contributed by atoms with E-state index in [-0.39, 0.29) is 44.6 Å². The molecule has 3 heterocycles. The molecule has 18 heteroatoms. The highest BCUT2D eigenvalue weighted by Crippen LogP contribution is 2.47. The normalized spacial score (nSPS) is 17.2. The molecule has 3 aromatic carbocycles. The number of halogens is 3. The van der Waals surface area contributed by atoms with Crippen molar-refractivity contribution in [1.29, 1.82) is 0 Å². The predicted octanol–water partition coefficient (Wildman–Crippen LogP) is 2.20. The third-order valence-electron chi connectivity index (χ3n) is 9.82. The molecule has 0 aromatic heterocycles. The number of carbonyl (C=O) groups excluding carboxylic acids is 1. The number of nitrogens with zero attached hydrogens (tertiary/aromatic N) is 2. The number of carbonyl (C=O) groups is 2. The highest BCUT2D eigenvalue weighted by atomic mass is 32.2. The first-order valence-corrected chi connectivity index (χ1v) is 18.8. The molecule has 3 N–H and O–H groups in total. The van der Waals surface area contributed by atoms with Gasteiger partial charge in [0, 0.05) is 65.7 Å². The largest absolute Gasteiger partial charge is 0.545 e. The summed E-state index contributed by atoms with van der Waals surface area (Å²) >= 11 is 0. The smallest absolute Gasteiger partial charge is 0.341 e. The summed E-state index contributed by atoms with van der Waals surface area (Å²) in [4.78, 5) is 26.3. The summed E-state index contributed by atoms with van der Waals surface area (Å²) in [7, 11) is -6.03. The van der Waals surface area contributed by atoms with Crippen LogP contribution in [0, 0.1) is 17.5 Å². The Morgan fingerprint density at radius 1 is 0.830 bits per heavy atom. The van der Waals surface area contributed by atoms with Crippen molar-refractivity contribution in [2.45, 2.75) is 38.8 Å². The van der Waals surface area contributed by atoms with Crippen LogP contribution in [-0.4, -0.2) is 79.7 Å².